The van der Waals surface area contributed by atoms with Gasteiger partial charge in [-0.2, -0.15) is 0 Å². The topological polar surface area (TPSA) is 21.3 Å². The van der Waals surface area contributed by atoms with Crippen molar-refractivity contribution in [3.8, 4) is 11.5 Å². The molecule has 3 rings (SSSR count). The molecule has 0 aromatic heterocycles. The second kappa shape index (κ2) is 6.16. The van der Waals surface area contributed by atoms with Crippen molar-refractivity contribution in [2.75, 3.05) is 0 Å². The minimum atomic E-state index is -0.218. The largest absolute Gasteiger partial charge is 0.457 e. The van der Waals surface area contributed by atoms with Crippen molar-refractivity contribution in [3.05, 3.63) is 57.8 Å². The fraction of sp³-hybridized carbons (Fsp3) is 0.294. The first-order valence-electron chi connectivity index (χ1n) is 7.07. The lowest BCUT2D eigenvalue weighted by molar-refractivity contribution is 0.479. The number of benzene rings is 2. The van der Waals surface area contributed by atoms with Crippen LogP contribution >= 0.6 is 15.9 Å². The van der Waals surface area contributed by atoms with Crippen LogP contribution in [0.3, 0.4) is 0 Å². The highest BCUT2D eigenvalue weighted by Gasteiger charge is 2.20. The Bertz CT molecular complexity index is 655. The standard InChI is InChI=1S/C17H17BrFNO/c1-11-8-14(6-7-17(11)19)21-15-5-2-12(16(18)9-15)10-20-13-3-4-13/h2,5-9,13,20H,3-4,10H2,1H3. The van der Waals surface area contributed by atoms with Crippen molar-refractivity contribution in [3.63, 3.8) is 0 Å². The Morgan fingerprint density at radius 3 is 2.57 bits per heavy atom. The summed E-state index contributed by atoms with van der Waals surface area (Å²) in [6.07, 6.45) is 2.56. The fourth-order valence-electron chi connectivity index (χ4n) is 2.09. The van der Waals surface area contributed by atoms with E-state index in [1.54, 1.807) is 19.1 Å². The molecule has 0 radical (unpaired) electrons. The zero-order valence-corrected chi connectivity index (χ0v) is 13.4. The van der Waals surface area contributed by atoms with Gasteiger partial charge in [0, 0.05) is 17.1 Å². The second-order valence-electron chi connectivity index (χ2n) is 5.42. The molecule has 0 unspecified atom stereocenters. The average molecular weight is 350 g/mol. The molecule has 0 amide bonds. The van der Waals surface area contributed by atoms with Crippen LogP contribution in [0.2, 0.25) is 0 Å². The number of hydrogen-bond acceptors (Lipinski definition) is 2. The Morgan fingerprint density at radius 2 is 1.90 bits per heavy atom. The third-order valence-corrected chi connectivity index (χ3v) is 4.29. The first kappa shape index (κ1) is 14.5. The Hall–Kier alpha value is -1.39. The summed E-state index contributed by atoms with van der Waals surface area (Å²) in [5.74, 6) is 1.16. The summed E-state index contributed by atoms with van der Waals surface area (Å²) in [7, 11) is 0. The predicted octanol–water partition coefficient (Wildman–Crippen LogP) is 4.94. The number of halogens is 2. The number of hydrogen-bond donors (Lipinski definition) is 1. The molecule has 0 aliphatic heterocycles. The lowest BCUT2D eigenvalue weighted by Gasteiger charge is -2.10. The summed E-state index contributed by atoms with van der Waals surface area (Å²) in [6.45, 7) is 2.59. The first-order valence-corrected chi connectivity index (χ1v) is 7.87. The molecule has 4 heteroatoms. The summed E-state index contributed by atoms with van der Waals surface area (Å²) in [5.41, 5.74) is 1.79. The Labute approximate surface area is 132 Å². The van der Waals surface area contributed by atoms with Crippen LogP contribution in [0.5, 0.6) is 11.5 Å². The molecule has 2 aromatic carbocycles. The lowest BCUT2D eigenvalue weighted by atomic mass is 10.2. The highest BCUT2D eigenvalue weighted by atomic mass is 79.9. The molecule has 1 saturated carbocycles. The molecule has 0 bridgehead atoms. The van der Waals surface area contributed by atoms with Crippen LogP contribution in [0.1, 0.15) is 24.0 Å². The monoisotopic (exact) mass is 349 g/mol. The molecule has 1 aliphatic carbocycles. The van der Waals surface area contributed by atoms with Gasteiger partial charge in [-0.15, -0.1) is 0 Å². The van der Waals surface area contributed by atoms with E-state index in [9.17, 15) is 4.39 Å². The maximum Gasteiger partial charge on any atom is 0.128 e. The minimum Gasteiger partial charge on any atom is -0.457 e. The van der Waals surface area contributed by atoms with Gasteiger partial charge in [0.05, 0.1) is 0 Å². The molecule has 1 N–H and O–H groups in total. The van der Waals surface area contributed by atoms with E-state index in [0.717, 1.165) is 16.8 Å². The Balaban J connectivity index is 1.70. The minimum absolute atomic E-state index is 0.218. The van der Waals surface area contributed by atoms with E-state index in [0.29, 0.717) is 17.4 Å². The number of aryl methyl sites for hydroxylation is 1. The maximum absolute atomic E-state index is 13.2. The molecule has 110 valence electrons. The molecular weight excluding hydrogens is 333 g/mol. The van der Waals surface area contributed by atoms with Crippen molar-refractivity contribution in [2.45, 2.75) is 32.4 Å². The summed E-state index contributed by atoms with van der Waals surface area (Å²) in [4.78, 5) is 0. The molecule has 2 aromatic rings. The molecule has 1 aliphatic rings. The van der Waals surface area contributed by atoms with E-state index in [4.69, 9.17) is 4.74 Å². The van der Waals surface area contributed by atoms with E-state index in [2.05, 4.69) is 21.2 Å². The number of rotatable bonds is 5. The molecule has 0 spiro atoms. The van der Waals surface area contributed by atoms with Gasteiger partial charge >= 0.3 is 0 Å². The van der Waals surface area contributed by atoms with Gasteiger partial charge in [0.25, 0.3) is 0 Å². The second-order valence-corrected chi connectivity index (χ2v) is 6.28. The van der Waals surface area contributed by atoms with Crippen molar-refractivity contribution in [1.82, 2.24) is 5.32 Å². The van der Waals surface area contributed by atoms with Gasteiger partial charge < -0.3 is 10.1 Å². The van der Waals surface area contributed by atoms with E-state index in [-0.39, 0.29) is 5.82 Å². The highest BCUT2D eigenvalue weighted by molar-refractivity contribution is 9.10. The molecule has 0 heterocycles. The van der Waals surface area contributed by atoms with Crippen molar-refractivity contribution < 1.29 is 9.13 Å². The van der Waals surface area contributed by atoms with E-state index < -0.39 is 0 Å². The van der Waals surface area contributed by atoms with E-state index >= 15 is 0 Å². The Morgan fingerprint density at radius 1 is 1.19 bits per heavy atom. The molecular formula is C17H17BrFNO. The van der Waals surface area contributed by atoms with Crippen LogP contribution in [0.15, 0.2) is 40.9 Å². The van der Waals surface area contributed by atoms with E-state index in [1.807, 2.05) is 18.2 Å². The van der Waals surface area contributed by atoms with Gasteiger partial charge in [-0.25, -0.2) is 4.39 Å². The van der Waals surface area contributed by atoms with Gasteiger partial charge in [-0.1, -0.05) is 22.0 Å². The van der Waals surface area contributed by atoms with Crippen molar-refractivity contribution in [2.24, 2.45) is 0 Å². The summed E-state index contributed by atoms with van der Waals surface area (Å²) in [5, 5.41) is 3.48. The van der Waals surface area contributed by atoms with Gasteiger partial charge in [-0.3, -0.25) is 0 Å². The first-order chi connectivity index (χ1) is 10.1. The lowest BCUT2D eigenvalue weighted by Crippen LogP contribution is -2.15. The Kier molecular flexibility index (Phi) is 4.27. The molecule has 2 nitrogen and oxygen atoms in total. The predicted molar refractivity (Wildman–Crippen MR) is 85.2 cm³/mol. The summed E-state index contributed by atoms with van der Waals surface area (Å²) >= 11 is 3.58. The molecule has 1 fully saturated rings. The van der Waals surface area contributed by atoms with E-state index in [1.165, 1.54) is 24.5 Å². The SMILES string of the molecule is Cc1cc(Oc2ccc(CNC3CC3)c(Br)c2)ccc1F. The normalized spacial score (nSPS) is 14.2. The molecule has 0 saturated heterocycles. The molecule has 0 atom stereocenters. The summed E-state index contributed by atoms with van der Waals surface area (Å²) in [6, 6.07) is 11.4. The smallest absolute Gasteiger partial charge is 0.128 e. The van der Waals surface area contributed by atoms with Crippen molar-refractivity contribution in [1.29, 1.82) is 0 Å². The van der Waals surface area contributed by atoms with Crippen LogP contribution in [-0.2, 0) is 6.54 Å². The number of ether oxygens (including phenoxy) is 1. The summed E-state index contributed by atoms with van der Waals surface area (Å²) < 4.78 is 20.0. The van der Waals surface area contributed by atoms with Gasteiger partial charge in [0.1, 0.15) is 17.3 Å². The van der Waals surface area contributed by atoms with Gasteiger partial charge in [0.15, 0.2) is 0 Å². The average Bonchev–Trinajstić information content (AvgIpc) is 3.26. The van der Waals surface area contributed by atoms with Crippen LogP contribution < -0.4 is 10.1 Å². The van der Waals surface area contributed by atoms with Crippen molar-refractivity contribution >= 4 is 15.9 Å². The molecule has 21 heavy (non-hydrogen) atoms. The zero-order chi connectivity index (χ0) is 14.8. The van der Waals surface area contributed by atoms with Crippen LogP contribution in [0, 0.1) is 12.7 Å². The quantitative estimate of drug-likeness (QED) is 0.825. The number of nitrogens with one attached hydrogen (secondary N) is 1. The van der Waals surface area contributed by atoms with Gasteiger partial charge in [0.2, 0.25) is 0 Å². The van der Waals surface area contributed by atoms with Crippen LogP contribution in [0.4, 0.5) is 4.39 Å². The van der Waals surface area contributed by atoms with Crippen LogP contribution in [-0.4, -0.2) is 6.04 Å². The maximum atomic E-state index is 13.2. The fourth-order valence-corrected chi connectivity index (χ4v) is 2.59. The highest BCUT2D eigenvalue weighted by Crippen LogP contribution is 2.29. The van der Waals surface area contributed by atoms with Gasteiger partial charge in [-0.05, 0) is 61.2 Å². The zero-order valence-electron chi connectivity index (χ0n) is 11.8. The van der Waals surface area contributed by atoms with Crippen LogP contribution in [0.25, 0.3) is 0 Å². The third-order valence-electron chi connectivity index (χ3n) is 3.55. The third kappa shape index (κ3) is 3.83.